The lowest BCUT2D eigenvalue weighted by molar-refractivity contribution is 0.218. The number of nitrogens with one attached hydrogen (secondary N) is 1. The van der Waals surface area contributed by atoms with Gasteiger partial charge in [-0.05, 0) is 39.0 Å². The minimum absolute atomic E-state index is 0.218. The summed E-state index contributed by atoms with van der Waals surface area (Å²) in [5.74, 6) is 1.45. The molecule has 1 N–H and O–H groups in total. The Bertz CT molecular complexity index is 935. The van der Waals surface area contributed by atoms with Gasteiger partial charge in [-0.25, -0.2) is 14.8 Å². The molecule has 2 aromatic heterocycles. The Balaban J connectivity index is 1.70. The van der Waals surface area contributed by atoms with Crippen molar-refractivity contribution in [1.29, 1.82) is 0 Å². The molecule has 27 heavy (non-hydrogen) atoms. The molecule has 0 aliphatic carbocycles. The van der Waals surface area contributed by atoms with Gasteiger partial charge in [0.1, 0.15) is 12.2 Å². The zero-order valence-electron chi connectivity index (χ0n) is 15.9. The van der Waals surface area contributed by atoms with Crippen LogP contribution in [-0.2, 0) is 6.54 Å². The van der Waals surface area contributed by atoms with Gasteiger partial charge < -0.3 is 14.8 Å². The molecule has 1 aromatic carbocycles. The Hall–Kier alpha value is -3.29. The van der Waals surface area contributed by atoms with Crippen molar-refractivity contribution < 1.29 is 4.79 Å². The van der Waals surface area contributed by atoms with Crippen LogP contribution in [0.4, 0.5) is 10.5 Å². The standard InChI is InChI=1S/C19H23N7O/c1-13(2)26-12-21-24-18(26)11-25(4)19(27)23-16-7-5-6-15(10-16)17-8-9-20-14(3)22-17/h5-10,12-13H,11H2,1-4H3,(H,23,27). The summed E-state index contributed by atoms with van der Waals surface area (Å²) in [5.41, 5.74) is 2.43. The molecule has 0 bridgehead atoms. The van der Waals surface area contributed by atoms with Crippen LogP contribution in [0.15, 0.2) is 42.9 Å². The molecule has 3 rings (SSSR count). The van der Waals surface area contributed by atoms with E-state index in [1.165, 1.54) is 0 Å². The number of anilines is 1. The maximum atomic E-state index is 12.6. The van der Waals surface area contributed by atoms with Crippen LogP contribution in [0, 0.1) is 6.92 Å². The molecule has 0 fully saturated rings. The summed E-state index contributed by atoms with van der Waals surface area (Å²) < 4.78 is 1.95. The normalized spacial score (nSPS) is 10.9. The van der Waals surface area contributed by atoms with E-state index >= 15 is 0 Å². The van der Waals surface area contributed by atoms with E-state index in [-0.39, 0.29) is 12.1 Å². The summed E-state index contributed by atoms with van der Waals surface area (Å²) in [4.78, 5) is 22.7. The molecule has 0 radical (unpaired) electrons. The number of hydrogen-bond donors (Lipinski definition) is 1. The van der Waals surface area contributed by atoms with E-state index in [0.717, 1.165) is 17.1 Å². The third kappa shape index (κ3) is 4.46. The number of carbonyl (C=O) groups is 1. The first-order valence-corrected chi connectivity index (χ1v) is 8.74. The van der Waals surface area contributed by atoms with E-state index < -0.39 is 0 Å². The Kier molecular flexibility index (Phi) is 5.44. The van der Waals surface area contributed by atoms with Crippen molar-refractivity contribution in [2.75, 3.05) is 12.4 Å². The van der Waals surface area contributed by atoms with Gasteiger partial charge in [-0.2, -0.15) is 0 Å². The molecular weight excluding hydrogens is 342 g/mol. The third-order valence-corrected chi connectivity index (χ3v) is 4.11. The van der Waals surface area contributed by atoms with Crippen molar-refractivity contribution in [3.63, 3.8) is 0 Å². The first-order chi connectivity index (χ1) is 12.9. The predicted molar refractivity (Wildman–Crippen MR) is 103 cm³/mol. The maximum absolute atomic E-state index is 12.6. The highest BCUT2D eigenvalue weighted by molar-refractivity contribution is 5.89. The van der Waals surface area contributed by atoms with E-state index in [2.05, 4.69) is 25.5 Å². The number of aromatic nitrogens is 5. The number of benzene rings is 1. The Morgan fingerprint density at radius 1 is 1.30 bits per heavy atom. The second-order valence-corrected chi connectivity index (χ2v) is 6.60. The van der Waals surface area contributed by atoms with Crippen LogP contribution in [0.25, 0.3) is 11.3 Å². The molecule has 0 unspecified atom stereocenters. The summed E-state index contributed by atoms with van der Waals surface area (Å²) in [6.45, 7) is 6.31. The Labute approximate surface area is 158 Å². The van der Waals surface area contributed by atoms with Gasteiger partial charge in [-0.3, -0.25) is 0 Å². The van der Waals surface area contributed by atoms with Gasteiger partial charge in [0.15, 0.2) is 5.82 Å². The number of aryl methyl sites for hydroxylation is 1. The topological polar surface area (TPSA) is 88.8 Å². The fourth-order valence-corrected chi connectivity index (χ4v) is 2.69. The lowest BCUT2D eigenvalue weighted by atomic mass is 10.1. The number of nitrogens with zero attached hydrogens (tertiary/aromatic N) is 6. The molecule has 8 heteroatoms. The third-order valence-electron chi connectivity index (χ3n) is 4.11. The molecular formula is C19H23N7O. The number of carbonyl (C=O) groups excluding carboxylic acids is 1. The highest BCUT2D eigenvalue weighted by Crippen LogP contribution is 2.21. The number of hydrogen-bond acceptors (Lipinski definition) is 5. The van der Waals surface area contributed by atoms with Crippen LogP contribution < -0.4 is 5.32 Å². The molecule has 140 valence electrons. The minimum atomic E-state index is -0.218. The van der Waals surface area contributed by atoms with Crippen molar-refractivity contribution in [3.05, 3.63) is 54.5 Å². The average molecular weight is 365 g/mol. The van der Waals surface area contributed by atoms with Crippen molar-refractivity contribution in [1.82, 2.24) is 29.6 Å². The lowest BCUT2D eigenvalue weighted by Crippen LogP contribution is -2.32. The highest BCUT2D eigenvalue weighted by Gasteiger charge is 2.15. The molecule has 0 aliphatic rings. The first-order valence-electron chi connectivity index (χ1n) is 8.74. The summed E-state index contributed by atoms with van der Waals surface area (Å²) in [6.07, 6.45) is 3.40. The monoisotopic (exact) mass is 365 g/mol. The zero-order chi connectivity index (χ0) is 19.4. The zero-order valence-corrected chi connectivity index (χ0v) is 15.9. The Morgan fingerprint density at radius 2 is 2.11 bits per heavy atom. The second-order valence-electron chi connectivity index (χ2n) is 6.60. The van der Waals surface area contributed by atoms with Gasteiger partial charge in [0.2, 0.25) is 0 Å². The van der Waals surface area contributed by atoms with E-state index in [9.17, 15) is 4.79 Å². The van der Waals surface area contributed by atoms with E-state index in [1.54, 1.807) is 24.5 Å². The smallest absolute Gasteiger partial charge is 0.320 e. The van der Waals surface area contributed by atoms with Gasteiger partial charge in [-0.1, -0.05) is 12.1 Å². The van der Waals surface area contributed by atoms with Gasteiger partial charge in [-0.15, -0.1) is 10.2 Å². The summed E-state index contributed by atoms with van der Waals surface area (Å²) in [5, 5.41) is 11.0. The quantitative estimate of drug-likeness (QED) is 0.749. The van der Waals surface area contributed by atoms with Crippen molar-refractivity contribution in [2.45, 2.75) is 33.4 Å². The van der Waals surface area contributed by atoms with E-state index in [0.29, 0.717) is 18.1 Å². The molecule has 0 saturated carbocycles. The van der Waals surface area contributed by atoms with Crippen molar-refractivity contribution in [3.8, 4) is 11.3 Å². The van der Waals surface area contributed by atoms with Gasteiger partial charge in [0.05, 0.1) is 12.2 Å². The van der Waals surface area contributed by atoms with Gasteiger partial charge >= 0.3 is 6.03 Å². The number of urea groups is 1. The molecule has 2 amide bonds. The molecule has 0 aliphatic heterocycles. The molecule has 0 atom stereocenters. The molecule has 0 saturated heterocycles. The second kappa shape index (κ2) is 7.94. The van der Waals surface area contributed by atoms with Crippen LogP contribution in [0.5, 0.6) is 0 Å². The predicted octanol–water partition coefficient (Wildman–Crippen LogP) is 3.29. The van der Waals surface area contributed by atoms with Crippen molar-refractivity contribution in [2.24, 2.45) is 0 Å². The number of amides is 2. The Morgan fingerprint density at radius 3 is 2.85 bits per heavy atom. The molecule has 8 nitrogen and oxygen atoms in total. The minimum Gasteiger partial charge on any atom is -0.320 e. The van der Waals surface area contributed by atoms with Crippen LogP contribution in [0.1, 0.15) is 31.5 Å². The lowest BCUT2D eigenvalue weighted by Gasteiger charge is -2.19. The fraction of sp³-hybridized carbons (Fsp3) is 0.316. The first kappa shape index (κ1) is 18.5. The van der Waals surface area contributed by atoms with Gasteiger partial charge in [0, 0.05) is 30.5 Å². The molecule has 0 spiro atoms. The largest absolute Gasteiger partial charge is 0.321 e. The summed E-state index contributed by atoms with van der Waals surface area (Å²) in [7, 11) is 1.73. The molecule has 3 aromatic rings. The van der Waals surface area contributed by atoms with E-state index in [1.807, 2.05) is 55.7 Å². The number of rotatable bonds is 5. The highest BCUT2D eigenvalue weighted by atomic mass is 16.2. The summed E-state index contributed by atoms with van der Waals surface area (Å²) >= 11 is 0. The van der Waals surface area contributed by atoms with Crippen LogP contribution in [0.2, 0.25) is 0 Å². The van der Waals surface area contributed by atoms with Crippen LogP contribution in [0.3, 0.4) is 0 Å². The average Bonchev–Trinajstić information content (AvgIpc) is 3.10. The van der Waals surface area contributed by atoms with Gasteiger partial charge in [0.25, 0.3) is 0 Å². The van der Waals surface area contributed by atoms with Crippen LogP contribution in [-0.4, -0.2) is 42.7 Å². The van der Waals surface area contributed by atoms with E-state index in [4.69, 9.17) is 0 Å². The molecule has 2 heterocycles. The summed E-state index contributed by atoms with van der Waals surface area (Å²) in [6, 6.07) is 9.44. The van der Waals surface area contributed by atoms with Crippen LogP contribution >= 0.6 is 0 Å². The maximum Gasteiger partial charge on any atom is 0.321 e. The SMILES string of the molecule is Cc1nccc(-c2cccc(NC(=O)N(C)Cc3nncn3C(C)C)c2)n1. The fourth-order valence-electron chi connectivity index (χ4n) is 2.69. The van der Waals surface area contributed by atoms with Crippen molar-refractivity contribution >= 4 is 11.7 Å².